The summed E-state index contributed by atoms with van der Waals surface area (Å²) in [6.45, 7) is 6.40. The van der Waals surface area contributed by atoms with Gasteiger partial charge in [0.05, 0.1) is 45.0 Å². The average molecular weight is 648 g/mol. The van der Waals surface area contributed by atoms with E-state index in [0.29, 0.717) is 12.2 Å². The van der Waals surface area contributed by atoms with Gasteiger partial charge in [0.25, 0.3) is 0 Å². The van der Waals surface area contributed by atoms with Crippen LogP contribution in [0.5, 0.6) is 0 Å². The highest BCUT2D eigenvalue weighted by Gasteiger charge is 2.44. The molecule has 0 amide bonds. The number of allylic oxidation sites excluding steroid dienone is 4. The Labute approximate surface area is 251 Å². The number of hydrogen-bond acceptors (Lipinski definition) is 6. The van der Waals surface area contributed by atoms with E-state index in [2.05, 4.69) is 13.2 Å². The predicted molar refractivity (Wildman–Crippen MR) is 147 cm³/mol. The molecule has 0 heterocycles. The van der Waals surface area contributed by atoms with Crippen molar-refractivity contribution in [2.24, 2.45) is 11.5 Å². The molecule has 0 aliphatic heterocycles. The lowest BCUT2D eigenvalue weighted by atomic mass is 9.98. The maximum Gasteiger partial charge on any atom is 0.183 e. The average Bonchev–Trinajstić information content (AvgIpc) is 3.76. The Morgan fingerprint density at radius 2 is 0.870 bits per heavy atom. The van der Waals surface area contributed by atoms with Crippen LogP contribution in [-0.4, -0.2) is 0 Å². The van der Waals surface area contributed by atoms with Gasteiger partial charge in [-0.15, -0.1) is 0 Å². The third-order valence-corrected chi connectivity index (χ3v) is 6.95. The number of rotatable bonds is 5. The van der Waals surface area contributed by atoms with Gasteiger partial charge in [-0.05, 0) is 0 Å². The van der Waals surface area contributed by atoms with E-state index in [9.17, 15) is 31.6 Å². The summed E-state index contributed by atoms with van der Waals surface area (Å²) in [6.07, 6.45) is 1.28. The minimum atomic E-state index is -2.28. The summed E-state index contributed by atoms with van der Waals surface area (Å²) >= 11 is 0. The largest absolute Gasteiger partial charge is 0.398 e. The minimum absolute atomic E-state index is 0.630. The van der Waals surface area contributed by atoms with Gasteiger partial charge >= 0.3 is 0 Å². The number of nitrogen functional groups attached to an aromatic ring is 2. The van der Waals surface area contributed by atoms with Crippen LogP contribution < -0.4 is 22.9 Å². The standard InChI is InChI=1S/C30H14F10N6/c1-3-7-17(31)12(21(35)25(39)27(7)43)9(5-41)11-13(29(45)15-18(32)8(4-2)28(44)26(40)24(15)38)14(11)30(46)16-22(36)19(33)10(6-42)20(34)23(16)37/h3-4H,1-2,43-46H2/b11-9+,29-13+,30-14?. The number of benzene rings is 3. The molecule has 0 unspecified atom stereocenters. The lowest BCUT2D eigenvalue weighted by Gasteiger charge is -2.12. The first kappa shape index (κ1) is 32.7. The van der Waals surface area contributed by atoms with Gasteiger partial charge in [0.2, 0.25) is 0 Å². The highest BCUT2D eigenvalue weighted by atomic mass is 19.2. The van der Waals surface area contributed by atoms with Crippen molar-refractivity contribution in [1.29, 1.82) is 10.5 Å². The summed E-state index contributed by atoms with van der Waals surface area (Å²) in [5, 5.41) is 18.8. The monoisotopic (exact) mass is 648 g/mol. The summed E-state index contributed by atoms with van der Waals surface area (Å²) in [5.74, 6) is -20.4. The van der Waals surface area contributed by atoms with Crippen LogP contribution in [-0.2, 0) is 0 Å². The second-order valence-corrected chi connectivity index (χ2v) is 9.25. The molecule has 0 aromatic heterocycles. The lowest BCUT2D eigenvalue weighted by molar-refractivity contribution is 0.446. The molecule has 0 bridgehead atoms. The molecule has 1 aliphatic rings. The summed E-state index contributed by atoms with van der Waals surface area (Å²) in [7, 11) is 0. The van der Waals surface area contributed by atoms with Crippen LogP contribution in [0, 0.1) is 80.8 Å². The zero-order valence-corrected chi connectivity index (χ0v) is 22.6. The number of halogens is 10. The Morgan fingerprint density at radius 3 is 1.24 bits per heavy atom. The van der Waals surface area contributed by atoms with E-state index in [1.807, 2.05) is 0 Å². The van der Waals surface area contributed by atoms with Crippen LogP contribution in [0.4, 0.5) is 55.3 Å². The van der Waals surface area contributed by atoms with Gasteiger partial charge in [0.1, 0.15) is 29.3 Å². The van der Waals surface area contributed by atoms with Gasteiger partial charge in [0.15, 0.2) is 46.5 Å². The van der Waals surface area contributed by atoms with Crippen molar-refractivity contribution < 1.29 is 43.9 Å². The molecule has 0 spiro atoms. The van der Waals surface area contributed by atoms with Crippen LogP contribution in [0.2, 0.25) is 0 Å². The van der Waals surface area contributed by atoms with E-state index in [0.717, 1.165) is 6.07 Å². The molecule has 3 aromatic carbocycles. The zero-order valence-electron chi connectivity index (χ0n) is 22.6. The number of nitriles is 2. The molecular weight excluding hydrogens is 634 g/mol. The summed E-state index contributed by atoms with van der Waals surface area (Å²) in [4.78, 5) is 0. The molecule has 8 N–H and O–H groups in total. The number of hydrogen-bond donors (Lipinski definition) is 4. The maximum absolute atomic E-state index is 15.5. The second-order valence-electron chi connectivity index (χ2n) is 9.25. The van der Waals surface area contributed by atoms with E-state index < -0.39 is 137 Å². The number of anilines is 2. The first-order valence-electron chi connectivity index (χ1n) is 12.1. The summed E-state index contributed by atoms with van der Waals surface area (Å²) < 4.78 is 149. The van der Waals surface area contributed by atoms with E-state index in [1.54, 1.807) is 0 Å². The molecule has 0 saturated heterocycles. The minimum Gasteiger partial charge on any atom is -0.398 e. The van der Waals surface area contributed by atoms with Gasteiger partial charge in [-0.2, -0.15) is 10.5 Å². The van der Waals surface area contributed by atoms with E-state index in [4.69, 9.17) is 28.2 Å². The number of nitrogens with zero attached hydrogens (tertiary/aromatic N) is 2. The smallest absolute Gasteiger partial charge is 0.183 e. The fourth-order valence-corrected chi connectivity index (χ4v) is 4.68. The zero-order chi connectivity index (χ0) is 34.7. The highest BCUT2D eigenvalue weighted by Crippen LogP contribution is 2.56. The van der Waals surface area contributed by atoms with Crippen molar-refractivity contribution in [2.45, 2.75) is 0 Å². The normalized spacial score (nSPS) is 15.6. The fourth-order valence-electron chi connectivity index (χ4n) is 4.68. The SMILES string of the molecule is C=Cc1c(N)c(F)c(F)c(/C(C#N)=C2/C(=C(N)c3c(F)c(F)c(C#N)c(F)c3F)/C2=C(/N)c2c(F)c(F)c(N)c(C=C)c2F)c1F. The Kier molecular flexibility index (Phi) is 8.12. The molecule has 1 aliphatic carbocycles. The molecule has 0 atom stereocenters. The summed E-state index contributed by atoms with van der Waals surface area (Å²) in [5.41, 5.74) is 5.33. The quantitative estimate of drug-likeness (QED) is 0.108. The number of nitrogens with two attached hydrogens (primary N) is 4. The van der Waals surface area contributed by atoms with E-state index in [-0.39, 0.29) is 0 Å². The third kappa shape index (κ3) is 4.42. The first-order valence-corrected chi connectivity index (χ1v) is 12.1. The van der Waals surface area contributed by atoms with Crippen molar-refractivity contribution in [3.05, 3.63) is 121 Å². The van der Waals surface area contributed by atoms with Crippen LogP contribution in [0.1, 0.15) is 33.4 Å². The molecular formula is C30H14F10N6. The van der Waals surface area contributed by atoms with Gasteiger partial charge in [0, 0.05) is 27.8 Å². The Bertz CT molecular complexity index is 2120. The van der Waals surface area contributed by atoms with Gasteiger partial charge in [-0.3, -0.25) is 0 Å². The molecule has 0 radical (unpaired) electrons. The second kappa shape index (κ2) is 11.4. The van der Waals surface area contributed by atoms with Crippen molar-refractivity contribution in [3.63, 3.8) is 0 Å². The molecule has 1 saturated carbocycles. The lowest BCUT2D eigenvalue weighted by Crippen LogP contribution is -2.11. The molecule has 16 heteroatoms. The molecule has 1 fully saturated rings. The van der Waals surface area contributed by atoms with Crippen molar-refractivity contribution in [3.8, 4) is 12.1 Å². The van der Waals surface area contributed by atoms with Crippen molar-refractivity contribution in [1.82, 2.24) is 0 Å². The van der Waals surface area contributed by atoms with Crippen LogP contribution in [0.25, 0.3) is 29.1 Å². The Balaban J connectivity index is 2.30. The molecule has 3 aromatic rings. The third-order valence-electron chi connectivity index (χ3n) is 6.95. The van der Waals surface area contributed by atoms with Crippen LogP contribution >= 0.6 is 0 Å². The Morgan fingerprint density at radius 1 is 0.522 bits per heavy atom. The molecule has 4 rings (SSSR count). The van der Waals surface area contributed by atoms with Gasteiger partial charge in [-0.25, -0.2) is 43.9 Å². The van der Waals surface area contributed by atoms with Crippen molar-refractivity contribution in [2.75, 3.05) is 11.5 Å². The van der Waals surface area contributed by atoms with E-state index in [1.165, 1.54) is 6.07 Å². The first-order chi connectivity index (χ1) is 21.5. The maximum atomic E-state index is 15.5. The predicted octanol–water partition coefficient (Wildman–Crippen LogP) is 6.43. The molecule has 46 heavy (non-hydrogen) atoms. The fraction of sp³-hybridized carbons (Fsp3) is 0. The molecule has 6 nitrogen and oxygen atoms in total. The van der Waals surface area contributed by atoms with E-state index >= 15 is 17.6 Å². The topological polar surface area (TPSA) is 152 Å². The summed E-state index contributed by atoms with van der Waals surface area (Å²) in [6, 6.07) is 2.16. The Hall–Kier alpha value is -6.16. The van der Waals surface area contributed by atoms with Gasteiger partial charge in [-0.1, -0.05) is 25.3 Å². The highest BCUT2D eigenvalue weighted by molar-refractivity contribution is 6.08. The van der Waals surface area contributed by atoms with Crippen LogP contribution in [0.15, 0.2) is 29.9 Å². The molecule has 234 valence electrons. The van der Waals surface area contributed by atoms with Crippen molar-refractivity contribution >= 4 is 40.5 Å². The van der Waals surface area contributed by atoms with Crippen LogP contribution in [0.3, 0.4) is 0 Å². The van der Waals surface area contributed by atoms with Gasteiger partial charge < -0.3 is 22.9 Å².